The van der Waals surface area contributed by atoms with Gasteiger partial charge < -0.3 is 15.5 Å². The highest BCUT2D eigenvalue weighted by molar-refractivity contribution is 7.11. The molecule has 1 heterocycles. The average Bonchev–Trinajstić information content (AvgIpc) is 2.81. The first-order chi connectivity index (χ1) is 8.58. The number of carbonyl (C=O) groups is 2. The molecule has 3 N–H and O–H groups in total. The Morgan fingerprint density at radius 3 is 2.67 bits per heavy atom. The summed E-state index contributed by atoms with van der Waals surface area (Å²) in [7, 11) is 0. The van der Waals surface area contributed by atoms with Crippen LogP contribution in [0, 0.1) is 0 Å². The van der Waals surface area contributed by atoms with E-state index in [0.717, 1.165) is 0 Å². The quantitative estimate of drug-likeness (QED) is 0.785. The summed E-state index contributed by atoms with van der Waals surface area (Å²) < 4.78 is 0. The molecule has 0 aliphatic rings. The molecule has 0 atom stereocenters. The largest absolute Gasteiger partial charge is 0.507 e. The van der Waals surface area contributed by atoms with Crippen LogP contribution in [0.3, 0.4) is 0 Å². The molecule has 18 heavy (non-hydrogen) atoms. The molecule has 2 aromatic rings. The van der Waals surface area contributed by atoms with Crippen molar-refractivity contribution in [2.75, 3.05) is 5.32 Å². The Morgan fingerprint density at radius 1 is 1.33 bits per heavy atom. The second-order valence-electron chi connectivity index (χ2n) is 3.33. The van der Waals surface area contributed by atoms with Crippen LogP contribution in [-0.4, -0.2) is 27.1 Å². The monoisotopic (exact) mass is 264 g/mol. The zero-order valence-electron chi connectivity index (χ0n) is 8.95. The van der Waals surface area contributed by atoms with Crippen molar-refractivity contribution in [1.29, 1.82) is 0 Å². The number of nitrogens with zero attached hydrogens (tertiary/aromatic N) is 1. The first kappa shape index (κ1) is 12.1. The van der Waals surface area contributed by atoms with Gasteiger partial charge in [-0.15, -0.1) is 11.3 Å². The predicted molar refractivity (Wildman–Crippen MR) is 65.1 cm³/mol. The van der Waals surface area contributed by atoms with Crippen LogP contribution in [0.5, 0.6) is 5.75 Å². The molecule has 7 heteroatoms. The van der Waals surface area contributed by atoms with Crippen molar-refractivity contribution in [1.82, 2.24) is 4.98 Å². The van der Waals surface area contributed by atoms with Crippen LogP contribution in [0.4, 0.5) is 5.69 Å². The van der Waals surface area contributed by atoms with Gasteiger partial charge in [0.25, 0.3) is 5.91 Å². The molecule has 1 amide bonds. The molecule has 0 radical (unpaired) electrons. The lowest BCUT2D eigenvalue weighted by Gasteiger charge is -2.05. The molecule has 1 aromatic heterocycles. The van der Waals surface area contributed by atoms with Crippen molar-refractivity contribution in [2.45, 2.75) is 0 Å². The summed E-state index contributed by atoms with van der Waals surface area (Å²) in [6.45, 7) is 0. The van der Waals surface area contributed by atoms with E-state index in [9.17, 15) is 14.7 Å². The molecule has 0 fully saturated rings. The Morgan fingerprint density at radius 2 is 2.11 bits per heavy atom. The Hall–Kier alpha value is -2.41. The van der Waals surface area contributed by atoms with Crippen LogP contribution >= 0.6 is 11.3 Å². The zero-order chi connectivity index (χ0) is 13.1. The number of thiazole rings is 1. The third kappa shape index (κ3) is 2.46. The number of nitrogens with one attached hydrogen (secondary N) is 1. The minimum atomic E-state index is -1.23. The number of amides is 1. The minimum absolute atomic E-state index is 0.220. The molecule has 0 bridgehead atoms. The number of anilines is 1. The van der Waals surface area contributed by atoms with Gasteiger partial charge in [0.2, 0.25) is 0 Å². The number of phenols is 1. The number of aromatic carboxylic acids is 1. The van der Waals surface area contributed by atoms with E-state index in [-0.39, 0.29) is 10.6 Å². The van der Waals surface area contributed by atoms with Crippen LogP contribution < -0.4 is 5.32 Å². The number of carboxylic acid groups (broad SMARTS) is 1. The van der Waals surface area contributed by atoms with Gasteiger partial charge in [0.05, 0.1) is 0 Å². The number of hydrogen-bond acceptors (Lipinski definition) is 5. The molecule has 92 valence electrons. The van der Waals surface area contributed by atoms with Gasteiger partial charge in [0.1, 0.15) is 11.3 Å². The lowest BCUT2D eigenvalue weighted by atomic mass is 10.2. The average molecular weight is 264 g/mol. The van der Waals surface area contributed by atoms with Crippen LogP contribution in [0.1, 0.15) is 20.2 Å². The molecule has 0 saturated carbocycles. The maximum Gasteiger partial charge on any atom is 0.339 e. The predicted octanol–water partition coefficient (Wildman–Crippen LogP) is 1.80. The first-order valence-corrected chi connectivity index (χ1v) is 5.73. The van der Waals surface area contributed by atoms with Gasteiger partial charge in [-0.05, 0) is 12.1 Å². The first-order valence-electron chi connectivity index (χ1n) is 4.85. The smallest absolute Gasteiger partial charge is 0.339 e. The summed E-state index contributed by atoms with van der Waals surface area (Å²) in [4.78, 5) is 26.2. The summed E-state index contributed by atoms with van der Waals surface area (Å²) in [6.07, 6.45) is 1.50. The maximum absolute atomic E-state index is 11.6. The third-order valence-electron chi connectivity index (χ3n) is 2.11. The van der Waals surface area contributed by atoms with Crippen LogP contribution in [0.25, 0.3) is 0 Å². The zero-order valence-corrected chi connectivity index (χ0v) is 9.77. The van der Waals surface area contributed by atoms with E-state index >= 15 is 0 Å². The fraction of sp³-hybridized carbons (Fsp3) is 0. The highest BCUT2D eigenvalue weighted by Crippen LogP contribution is 2.22. The normalized spacial score (nSPS) is 10.0. The number of aromatic nitrogens is 1. The topological polar surface area (TPSA) is 99.5 Å². The molecule has 0 unspecified atom stereocenters. The minimum Gasteiger partial charge on any atom is -0.507 e. The highest BCUT2D eigenvalue weighted by Gasteiger charge is 2.12. The number of rotatable bonds is 3. The number of carbonyl (C=O) groups excluding carboxylic acids is 1. The van der Waals surface area contributed by atoms with E-state index < -0.39 is 17.6 Å². The van der Waals surface area contributed by atoms with Gasteiger partial charge >= 0.3 is 5.97 Å². The molecular formula is C11H8N2O4S. The van der Waals surface area contributed by atoms with Crippen LogP contribution in [0.15, 0.2) is 29.8 Å². The van der Waals surface area contributed by atoms with E-state index in [1.165, 1.54) is 35.7 Å². The summed E-state index contributed by atoms with van der Waals surface area (Å²) in [5.74, 6) is -2.04. The fourth-order valence-corrected chi connectivity index (χ4v) is 1.84. The van der Waals surface area contributed by atoms with Gasteiger partial charge in [-0.3, -0.25) is 4.79 Å². The lowest BCUT2D eigenvalue weighted by Crippen LogP contribution is -2.11. The molecule has 1 aromatic carbocycles. The summed E-state index contributed by atoms with van der Waals surface area (Å²) in [5.41, 5.74) is 0.0833. The molecule has 6 nitrogen and oxygen atoms in total. The van der Waals surface area contributed by atoms with Gasteiger partial charge in [-0.1, -0.05) is 0 Å². The molecule has 0 saturated heterocycles. The highest BCUT2D eigenvalue weighted by atomic mass is 32.1. The number of carboxylic acids is 1. The lowest BCUT2D eigenvalue weighted by molar-refractivity contribution is 0.0693. The van der Waals surface area contributed by atoms with Crippen molar-refractivity contribution in [3.8, 4) is 5.75 Å². The van der Waals surface area contributed by atoms with Crippen molar-refractivity contribution in [2.24, 2.45) is 0 Å². The summed E-state index contributed by atoms with van der Waals surface area (Å²) in [6, 6.07) is 3.79. The second-order valence-corrected chi connectivity index (χ2v) is 4.22. The van der Waals surface area contributed by atoms with Crippen molar-refractivity contribution in [3.05, 3.63) is 40.3 Å². The van der Waals surface area contributed by atoms with E-state index in [4.69, 9.17) is 5.11 Å². The fourth-order valence-electron chi connectivity index (χ4n) is 1.31. The van der Waals surface area contributed by atoms with E-state index in [1.807, 2.05) is 0 Å². The molecule has 0 aliphatic carbocycles. The van der Waals surface area contributed by atoms with Crippen molar-refractivity contribution in [3.63, 3.8) is 0 Å². The van der Waals surface area contributed by atoms with E-state index in [0.29, 0.717) is 5.69 Å². The van der Waals surface area contributed by atoms with Gasteiger partial charge in [-0.25, -0.2) is 9.78 Å². The summed E-state index contributed by atoms with van der Waals surface area (Å²) >= 11 is 1.18. The third-order valence-corrected chi connectivity index (χ3v) is 2.88. The number of benzene rings is 1. The second kappa shape index (κ2) is 4.84. The Labute approximate surface area is 106 Å². The molecule has 2 rings (SSSR count). The van der Waals surface area contributed by atoms with E-state index in [1.54, 1.807) is 5.38 Å². The Balaban J connectivity index is 2.18. The van der Waals surface area contributed by atoms with Gasteiger partial charge in [-0.2, -0.15) is 0 Å². The molecule has 0 aliphatic heterocycles. The Kier molecular flexibility index (Phi) is 3.24. The molecule has 0 spiro atoms. The van der Waals surface area contributed by atoms with Gasteiger partial charge in [0, 0.05) is 23.3 Å². The van der Waals surface area contributed by atoms with Crippen molar-refractivity contribution >= 4 is 28.9 Å². The van der Waals surface area contributed by atoms with Gasteiger partial charge in [0.15, 0.2) is 5.01 Å². The maximum atomic E-state index is 11.6. The van der Waals surface area contributed by atoms with Crippen molar-refractivity contribution < 1.29 is 19.8 Å². The molecular weight excluding hydrogens is 256 g/mol. The summed E-state index contributed by atoms with van der Waals surface area (Å²) in [5, 5.41) is 22.7. The van der Waals surface area contributed by atoms with Crippen LogP contribution in [0.2, 0.25) is 0 Å². The van der Waals surface area contributed by atoms with Crippen LogP contribution in [-0.2, 0) is 0 Å². The number of aromatic hydroxyl groups is 1. The standard InChI is InChI=1S/C11H8N2O4S/c14-8-5-6(1-2-7(8)11(16)17)13-9(15)10-12-3-4-18-10/h1-5,14H,(H,13,15)(H,16,17). The SMILES string of the molecule is O=C(Nc1ccc(C(=O)O)c(O)c1)c1nccs1. The Bertz CT molecular complexity index is 595. The number of hydrogen-bond donors (Lipinski definition) is 3. The van der Waals surface area contributed by atoms with E-state index in [2.05, 4.69) is 10.3 Å².